The van der Waals surface area contributed by atoms with E-state index in [0.29, 0.717) is 13.1 Å². The Hall–Kier alpha value is -2.28. The molecule has 0 atom stereocenters. The summed E-state index contributed by atoms with van der Waals surface area (Å²) in [5, 5.41) is 3.29. The monoisotopic (exact) mass is 393 g/mol. The quantitative estimate of drug-likeness (QED) is 0.749. The average molecular weight is 393 g/mol. The molecule has 0 aliphatic carbocycles. The number of benzene rings is 1. The van der Waals surface area contributed by atoms with Crippen molar-refractivity contribution in [3.63, 3.8) is 0 Å². The van der Waals surface area contributed by atoms with Crippen molar-refractivity contribution >= 4 is 5.82 Å². The van der Waals surface area contributed by atoms with Crippen LogP contribution in [-0.4, -0.2) is 30.9 Å². The van der Waals surface area contributed by atoms with Gasteiger partial charge < -0.3 is 15.0 Å². The van der Waals surface area contributed by atoms with Crippen LogP contribution in [0.15, 0.2) is 42.6 Å². The third-order valence-corrected chi connectivity index (χ3v) is 4.88. The second-order valence-corrected chi connectivity index (χ2v) is 7.35. The van der Waals surface area contributed by atoms with E-state index < -0.39 is 12.8 Å². The second-order valence-electron chi connectivity index (χ2n) is 7.35. The maximum atomic E-state index is 12.3. The van der Waals surface area contributed by atoms with Gasteiger partial charge >= 0.3 is 6.18 Å². The normalized spacial score (nSPS) is 15.6. The average Bonchev–Trinajstić information content (AvgIpc) is 2.68. The smallest absolute Gasteiger partial charge is 0.422 e. The Bertz CT molecular complexity index is 741. The van der Waals surface area contributed by atoms with Gasteiger partial charge in [0.2, 0.25) is 0 Å². The van der Waals surface area contributed by atoms with Crippen LogP contribution in [-0.2, 0) is 13.1 Å². The van der Waals surface area contributed by atoms with Crippen molar-refractivity contribution < 1.29 is 17.9 Å². The predicted molar refractivity (Wildman–Crippen MR) is 103 cm³/mol. The number of rotatable bonds is 7. The van der Waals surface area contributed by atoms with Crippen LogP contribution in [0.1, 0.15) is 30.9 Å². The van der Waals surface area contributed by atoms with Crippen LogP contribution in [0.5, 0.6) is 5.75 Å². The lowest BCUT2D eigenvalue weighted by atomic mass is 9.99. The summed E-state index contributed by atoms with van der Waals surface area (Å²) >= 11 is 0. The molecule has 2 heterocycles. The summed E-state index contributed by atoms with van der Waals surface area (Å²) in [6, 6.07) is 10.8. The van der Waals surface area contributed by atoms with Crippen LogP contribution in [0.3, 0.4) is 0 Å². The third kappa shape index (κ3) is 6.41. The topological polar surface area (TPSA) is 37.4 Å². The number of piperidine rings is 1. The van der Waals surface area contributed by atoms with E-state index in [-0.39, 0.29) is 5.75 Å². The molecule has 1 fully saturated rings. The third-order valence-electron chi connectivity index (χ3n) is 4.88. The molecule has 28 heavy (non-hydrogen) atoms. The highest BCUT2D eigenvalue weighted by molar-refractivity contribution is 5.39. The molecule has 0 radical (unpaired) electrons. The first-order chi connectivity index (χ1) is 13.4. The van der Waals surface area contributed by atoms with Gasteiger partial charge in [0.25, 0.3) is 0 Å². The lowest BCUT2D eigenvalue weighted by molar-refractivity contribution is -0.153. The molecule has 1 aliphatic rings. The number of aromatic nitrogens is 1. The van der Waals surface area contributed by atoms with Gasteiger partial charge in [0, 0.05) is 32.4 Å². The standard InChI is InChI=1S/C21H26F3N3O/c1-16-7-9-27(10-8-16)20-6-5-18(14-26-20)13-25-12-17-3-2-4-19(11-17)28-15-21(22,23)24/h2-6,11,14,16,25H,7-10,12-13,15H2,1H3. The predicted octanol–water partition coefficient (Wildman–Crippen LogP) is 4.55. The molecule has 1 aliphatic heterocycles. The molecule has 1 aromatic carbocycles. The first-order valence-electron chi connectivity index (χ1n) is 9.58. The number of hydrogen-bond acceptors (Lipinski definition) is 4. The van der Waals surface area contributed by atoms with Gasteiger partial charge in [-0.2, -0.15) is 13.2 Å². The fraction of sp³-hybridized carbons (Fsp3) is 0.476. The highest BCUT2D eigenvalue weighted by Crippen LogP contribution is 2.22. The number of ether oxygens (including phenoxy) is 1. The molecule has 1 N–H and O–H groups in total. The summed E-state index contributed by atoms with van der Waals surface area (Å²) < 4.78 is 41.5. The number of nitrogens with one attached hydrogen (secondary N) is 1. The van der Waals surface area contributed by atoms with Crippen molar-refractivity contribution in [1.82, 2.24) is 10.3 Å². The fourth-order valence-corrected chi connectivity index (χ4v) is 3.21. The zero-order valence-corrected chi connectivity index (χ0v) is 16.0. The summed E-state index contributed by atoms with van der Waals surface area (Å²) in [6.07, 6.45) is -0.0451. The van der Waals surface area contributed by atoms with Crippen molar-refractivity contribution in [3.8, 4) is 5.75 Å². The molecule has 0 spiro atoms. The summed E-state index contributed by atoms with van der Waals surface area (Å²) in [6.45, 7) is 4.29. The molecule has 7 heteroatoms. The van der Waals surface area contributed by atoms with Crippen molar-refractivity contribution in [2.45, 2.75) is 39.0 Å². The van der Waals surface area contributed by atoms with Crippen LogP contribution >= 0.6 is 0 Å². The molecular weight excluding hydrogens is 367 g/mol. The maximum Gasteiger partial charge on any atom is 0.422 e. The van der Waals surface area contributed by atoms with Crippen LogP contribution in [0, 0.1) is 5.92 Å². The number of pyridine rings is 1. The lowest BCUT2D eigenvalue weighted by Crippen LogP contribution is -2.33. The largest absolute Gasteiger partial charge is 0.484 e. The highest BCUT2D eigenvalue weighted by atomic mass is 19.4. The van der Waals surface area contributed by atoms with Crippen molar-refractivity contribution in [2.24, 2.45) is 5.92 Å². The van der Waals surface area contributed by atoms with E-state index in [1.54, 1.807) is 12.1 Å². The van der Waals surface area contributed by atoms with Crippen LogP contribution in [0.4, 0.5) is 19.0 Å². The van der Waals surface area contributed by atoms with Gasteiger partial charge in [-0.15, -0.1) is 0 Å². The molecule has 0 bridgehead atoms. The molecular formula is C21H26F3N3O. The van der Waals surface area contributed by atoms with Gasteiger partial charge in [-0.1, -0.05) is 25.1 Å². The summed E-state index contributed by atoms with van der Waals surface area (Å²) in [5.41, 5.74) is 1.94. The number of alkyl halides is 3. The second kappa shape index (κ2) is 9.28. The number of hydrogen-bond donors (Lipinski definition) is 1. The van der Waals surface area contributed by atoms with E-state index in [0.717, 1.165) is 36.0 Å². The minimum atomic E-state index is -4.33. The zero-order valence-electron chi connectivity index (χ0n) is 16.0. The molecule has 1 saturated heterocycles. The Morgan fingerprint density at radius 3 is 2.54 bits per heavy atom. The summed E-state index contributed by atoms with van der Waals surface area (Å²) in [5.74, 6) is 2.03. The van der Waals surface area contributed by atoms with Crippen LogP contribution in [0.25, 0.3) is 0 Å². The minimum Gasteiger partial charge on any atom is -0.484 e. The molecule has 152 valence electrons. The van der Waals surface area contributed by atoms with E-state index in [1.165, 1.54) is 18.9 Å². The van der Waals surface area contributed by atoms with Crippen LogP contribution < -0.4 is 15.0 Å². The molecule has 0 unspecified atom stereocenters. The Morgan fingerprint density at radius 1 is 1.11 bits per heavy atom. The fourth-order valence-electron chi connectivity index (χ4n) is 3.21. The molecule has 1 aromatic heterocycles. The molecule has 3 rings (SSSR count). The molecule has 2 aromatic rings. The highest BCUT2D eigenvalue weighted by Gasteiger charge is 2.28. The Labute approximate surface area is 163 Å². The van der Waals surface area contributed by atoms with E-state index in [2.05, 4.69) is 34.3 Å². The number of nitrogens with zero attached hydrogens (tertiary/aromatic N) is 2. The number of anilines is 1. The van der Waals surface area contributed by atoms with Gasteiger partial charge in [0.15, 0.2) is 6.61 Å². The zero-order chi connectivity index (χ0) is 20.0. The Balaban J connectivity index is 1.46. The van der Waals surface area contributed by atoms with E-state index in [1.807, 2.05) is 12.3 Å². The first kappa shape index (κ1) is 20.5. The maximum absolute atomic E-state index is 12.3. The Kier molecular flexibility index (Phi) is 6.78. The minimum absolute atomic E-state index is 0.221. The van der Waals surface area contributed by atoms with Gasteiger partial charge in [-0.05, 0) is 48.1 Å². The van der Waals surface area contributed by atoms with Crippen molar-refractivity contribution in [2.75, 3.05) is 24.6 Å². The SMILES string of the molecule is CC1CCN(c2ccc(CNCc3cccc(OCC(F)(F)F)c3)cn2)CC1. The lowest BCUT2D eigenvalue weighted by Gasteiger charge is -2.31. The van der Waals surface area contributed by atoms with E-state index >= 15 is 0 Å². The van der Waals surface area contributed by atoms with Crippen LogP contribution in [0.2, 0.25) is 0 Å². The van der Waals surface area contributed by atoms with Gasteiger partial charge in [0.1, 0.15) is 11.6 Å². The number of halogens is 3. The molecule has 0 amide bonds. The van der Waals surface area contributed by atoms with E-state index in [9.17, 15) is 13.2 Å². The van der Waals surface area contributed by atoms with E-state index in [4.69, 9.17) is 4.74 Å². The first-order valence-corrected chi connectivity index (χ1v) is 9.58. The van der Waals surface area contributed by atoms with Crippen molar-refractivity contribution in [3.05, 3.63) is 53.7 Å². The van der Waals surface area contributed by atoms with Crippen molar-refractivity contribution in [1.29, 1.82) is 0 Å². The van der Waals surface area contributed by atoms with Gasteiger partial charge in [0.05, 0.1) is 0 Å². The van der Waals surface area contributed by atoms with Gasteiger partial charge in [-0.25, -0.2) is 4.98 Å². The Morgan fingerprint density at radius 2 is 1.86 bits per heavy atom. The molecule has 4 nitrogen and oxygen atoms in total. The summed E-state index contributed by atoms with van der Waals surface area (Å²) in [4.78, 5) is 6.90. The van der Waals surface area contributed by atoms with Gasteiger partial charge in [-0.3, -0.25) is 0 Å². The summed E-state index contributed by atoms with van der Waals surface area (Å²) in [7, 11) is 0. The molecule has 0 saturated carbocycles.